The van der Waals surface area contributed by atoms with Crippen molar-refractivity contribution in [2.75, 3.05) is 6.61 Å². The lowest BCUT2D eigenvalue weighted by Gasteiger charge is -2.18. The fourth-order valence-electron chi connectivity index (χ4n) is 2.57. The summed E-state index contributed by atoms with van der Waals surface area (Å²) in [5, 5.41) is 2.75. The molecule has 3 nitrogen and oxygen atoms in total. The van der Waals surface area contributed by atoms with Gasteiger partial charge in [0.25, 0.3) is 0 Å². The molecule has 1 unspecified atom stereocenters. The van der Waals surface area contributed by atoms with Crippen molar-refractivity contribution in [1.82, 2.24) is 9.55 Å². The molecule has 0 saturated carbocycles. The molecule has 0 aliphatic heterocycles. The van der Waals surface area contributed by atoms with Crippen molar-refractivity contribution in [3.8, 4) is 0 Å². The van der Waals surface area contributed by atoms with E-state index in [4.69, 9.17) is 51.1 Å². The van der Waals surface area contributed by atoms with Crippen molar-refractivity contribution in [2.45, 2.75) is 24.2 Å². The molecule has 28 heavy (non-hydrogen) atoms. The smallest absolute Gasteiger partial charge is 0.0946 e. The largest absolute Gasteiger partial charge is 0.375 e. The lowest BCUT2D eigenvalue weighted by atomic mass is 10.2. The standard InChI is InChI=1S/C20H18Cl4N2OS/c21-16-3-1-14(19(23)7-16)10-27-11-18(9-26-6-5-25-13-26)28-12-15-2-4-17(22)8-20(15)24/h1-8,13,18H,9-12H2. The summed E-state index contributed by atoms with van der Waals surface area (Å²) in [6.45, 7) is 1.77. The van der Waals surface area contributed by atoms with Crippen LogP contribution in [0, 0.1) is 0 Å². The molecule has 1 aromatic heterocycles. The highest BCUT2D eigenvalue weighted by Crippen LogP contribution is 2.28. The molecule has 0 amide bonds. The Morgan fingerprint density at radius 2 is 1.64 bits per heavy atom. The van der Waals surface area contributed by atoms with Gasteiger partial charge in [-0.2, -0.15) is 0 Å². The lowest BCUT2D eigenvalue weighted by Crippen LogP contribution is -2.19. The van der Waals surface area contributed by atoms with E-state index in [-0.39, 0.29) is 5.25 Å². The molecule has 148 valence electrons. The van der Waals surface area contributed by atoms with Crippen molar-refractivity contribution >= 4 is 58.2 Å². The van der Waals surface area contributed by atoms with Crippen LogP contribution in [0.25, 0.3) is 0 Å². The maximum absolute atomic E-state index is 6.30. The topological polar surface area (TPSA) is 27.1 Å². The highest BCUT2D eigenvalue weighted by molar-refractivity contribution is 7.99. The average molecular weight is 476 g/mol. The number of rotatable bonds is 9. The molecule has 0 spiro atoms. The molecule has 1 heterocycles. The number of aromatic nitrogens is 2. The third kappa shape index (κ3) is 6.58. The van der Waals surface area contributed by atoms with Crippen LogP contribution in [0.4, 0.5) is 0 Å². The number of imidazole rings is 1. The van der Waals surface area contributed by atoms with E-state index in [0.29, 0.717) is 33.3 Å². The molecule has 0 aliphatic rings. The van der Waals surface area contributed by atoms with Gasteiger partial charge in [0, 0.05) is 50.0 Å². The summed E-state index contributed by atoms with van der Waals surface area (Å²) in [6, 6.07) is 11.0. The molecule has 0 aliphatic carbocycles. The van der Waals surface area contributed by atoms with E-state index in [2.05, 4.69) is 4.98 Å². The first-order chi connectivity index (χ1) is 13.5. The van der Waals surface area contributed by atoms with E-state index in [1.54, 1.807) is 36.4 Å². The molecule has 3 aromatic rings. The highest BCUT2D eigenvalue weighted by Gasteiger charge is 2.13. The summed E-state index contributed by atoms with van der Waals surface area (Å²) in [4.78, 5) is 4.11. The highest BCUT2D eigenvalue weighted by atomic mass is 35.5. The second-order valence-corrected chi connectivity index (χ2v) is 9.16. The van der Waals surface area contributed by atoms with Crippen LogP contribution < -0.4 is 0 Å². The Labute approximate surface area is 188 Å². The molecule has 0 N–H and O–H groups in total. The van der Waals surface area contributed by atoms with Gasteiger partial charge in [-0.05, 0) is 35.4 Å². The molecule has 0 radical (unpaired) electrons. The van der Waals surface area contributed by atoms with Crippen LogP contribution in [0.1, 0.15) is 11.1 Å². The van der Waals surface area contributed by atoms with Gasteiger partial charge >= 0.3 is 0 Å². The Morgan fingerprint density at radius 1 is 0.964 bits per heavy atom. The molecule has 1 atom stereocenters. The summed E-state index contributed by atoms with van der Waals surface area (Å²) in [6.07, 6.45) is 5.52. The third-order valence-electron chi connectivity index (χ3n) is 4.04. The van der Waals surface area contributed by atoms with Crippen molar-refractivity contribution in [3.63, 3.8) is 0 Å². The zero-order valence-electron chi connectivity index (χ0n) is 14.8. The van der Waals surface area contributed by atoms with Gasteiger partial charge in [-0.15, -0.1) is 11.8 Å². The minimum atomic E-state index is 0.215. The van der Waals surface area contributed by atoms with Crippen LogP contribution in [0.5, 0.6) is 0 Å². The first-order valence-corrected chi connectivity index (χ1v) is 11.1. The number of thioether (sulfide) groups is 1. The van der Waals surface area contributed by atoms with Gasteiger partial charge in [0.1, 0.15) is 0 Å². The summed E-state index contributed by atoms with van der Waals surface area (Å²) in [5.41, 5.74) is 1.96. The van der Waals surface area contributed by atoms with Crippen molar-refractivity contribution in [2.24, 2.45) is 0 Å². The Morgan fingerprint density at radius 3 is 2.25 bits per heavy atom. The van der Waals surface area contributed by atoms with E-state index >= 15 is 0 Å². The minimum Gasteiger partial charge on any atom is -0.375 e. The molecule has 2 aromatic carbocycles. The lowest BCUT2D eigenvalue weighted by molar-refractivity contribution is 0.119. The third-order valence-corrected chi connectivity index (χ3v) is 6.45. The van der Waals surface area contributed by atoms with E-state index < -0.39 is 0 Å². The van der Waals surface area contributed by atoms with Crippen molar-refractivity contribution in [1.29, 1.82) is 0 Å². The summed E-state index contributed by atoms with van der Waals surface area (Å²) >= 11 is 26.2. The Hall–Kier alpha value is -0.880. The fourth-order valence-corrected chi connectivity index (χ4v) is 4.72. The average Bonchev–Trinajstić information content (AvgIpc) is 3.15. The van der Waals surface area contributed by atoms with Crippen molar-refractivity contribution in [3.05, 3.63) is 86.3 Å². The van der Waals surface area contributed by atoms with Crippen LogP contribution in [-0.2, 0) is 23.6 Å². The minimum absolute atomic E-state index is 0.215. The van der Waals surface area contributed by atoms with Gasteiger partial charge in [-0.25, -0.2) is 4.98 Å². The van der Waals surface area contributed by atoms with E-state index in [1.807, 2.05) is 35.0 Å². The number of benzene rings is 2. The SMILES string of the molecule is Clc1ccc(COCC(Cn2ccnc2)SCc2ccc(Cl)cc2Cl)c(Cl)c1. The number of ether oxygens (including phenoxy) is 1. The summed E-state index contributed by atoms with van der Waals surface area (Å²) in [7, 11) is 0. The van der Waals surface area contributed by atoms with Crippen LogP contribution in [0.15, 0.2) is 55.1 Å². The maximum atomic E-state index is 6.30. The van der Waals surface area contributed by atoms with Gasteiger partial charge in [-0.1, -0.05) is 58.5 Å². The monoisotopic (exact) mass is 474 g/mol. The zero-order chi connectivity index (χ0) is 19.9. The first kappa shape index (κ1) is 21.8. The quantitative estimate of drug-likeness (QED) is 0.332. The van der Waals surface area contributed by atoms with E-state index in [9.17, 15) is 0 Å². The Kier molecular flexibility index (Phi) is 8.39. The molecule has 0 bridgehead atoms. The Bertz CT molecular complexity index is 905. The van der Waals surface area contributed by atoms with Crippen LogP contribution in [0.2, 0.25) is 20.1 Å². The van der Waals surface area contributed by atoms with E-state index in [1.165, 1.54) is 0 Å². The normalized spacial score (nSPS) is 12.3. The van der Waals surface area contributed by atoms with Crippen LogP contribution in [0.3, 0.4) is 0 Å². The van der Waals surface area contributed by atoms with E-state index in [0.717, 1.165) is 23.4 Å². The number of nitrogens with zero attached hydrogens (tertiary/aromatic N) is 2. The van der Waals surface area contributed by atoms with Gasteiger partial charge in [-0.3, -0.25) is 0 Å². The zero-order valence-corrected chi connectivity index (χ0v) is 18.7. The first-order valence-electron chi connectivity index (χ1n) is 8.54. The second-order valence-electron chi connectivity index (χ2n) is 6.18. The molecular weight excluding hydrogens is 458 g/mol. The predicted molar refractivity (Wildman–Crippen MR) is 120 cm³/mol. The molecule has 8 heteroatoms. The summed E-state index contributed by atoms with van der Waals surface area (Å²) < 4.78 is 7.99. The Balaban J connectivity index is 1.59. The van der Waals surface area contributed by atoms with Crippen LogP contribution >= 0.6 is 58.2 Å². The number of halogens is 4. The van der Waals surface area contributed by atoms with Gasteiger partial charge in [0.2, 0.25) is 0 Å². The van der Waals surface area contributed by atoms with Gasteiger partial charge in [0.05, 0.1) is 19.5 Å². The van der Waals surface area contributed by atoms with Gasteiger partial charge in [0.15, 0.2) is 0 Å². The predicted octanol–water partition coefficient (Wildman–Crippen LogP) is 7.02. The van der Waals surface area contributed by atoms with Crippen molar-refractivity contribution < 1.29 is 4.74 Å². The maximum Gasteiger partial charge on any atom is 0.0946 e. The summed E-state index contributed by atoms with van der Waals surface area (Å²) in [5.74, 6) is 0.764. The number of hydrogen-bond acceptors (Lipinski definition) is 3. The molecular formula is C20H18Cl4N2OS. The molecule has 0 saturated heterocycles. The van der Waals surface area contributed by atoms with Gasteiger partial charge < -0.3 is 9.30 Å². The molecule has 0 fully saturated rings. The second kappa shape index (κ2) is 10.8. The van der Waals surface area contributed by atoms with Crippen LogP contribution in [-0.4, -0.2) is 21.4 Å². The molecule has 3 rings (SSSR count). The fraction of sp³-hybridized carbons (Fsp3) is 0.250. The number of hydrogen-bond donors (Lipinski definition) is 0.